The van der Waals surface area contributed by atoms with E-state index in [-0.39, 0.29) is 11.9 Å². The van der Waals surface area contributed by atoms with Crippen molar-refractivity contribution in [3.63, 3.8) is 0 Å². The molecule has 2 aromatic carbocycles. The second-order valence-corrected chi connectivity index (χ2v) is 7.97. The van der Waals surface area contributed by atoms with E-state index in [1.54, 1.807) is 11.0 Å². The molecule has 0 aliphatic carbocycles. The molecule has 1 aliphatic rings. The smallest absolute Gasteiger partial charge is 0.275 e. The minimum Gasteiger partial charge on any atom is -0.490 e. The number of benzene rings is 2. The van der Waals surface area contributed by atoms with Crippen molar-refractivity contribution in [1.82, 2.24) is 5.32 Å². The summed E-state index contributed by atoms with van der Waals surface area (Å²) < 4.78 is 5.51. The molecule has 154 valence electrons. The number of carbonyl (C=O) groups is 1. The minimum atomic E-state index is 0.138. The van der Waals surface area contributed by atoms with Gasteiger partial charge in [0, 0.05) is 17.5 Å². The molecule has 0 saturated carbocycles. The van der Waals surface area contributed by atoms with E-state index in [1.165, 1.54) is 16.0 Å². The standard InChI is InChI=1S/C24H31N3O2/c1-3-15-29-23-11-9-21(10-12-23)16-26(2)19-24(28)25-22-13-14-27(18-22)17-20-7-5-4-6-8-20/h3-12,22H,1,13-19H2,2H3,(H,25,28)/p+2/t22-/m1/s1. The lowest BCUT2D eigenvalue weighted by Gasteiger charge is -2.17. The summed E-state index contributed by atoms with van der Waals surface area (Å²) in [6.45, 7) is 8.61. The Morgan fingerprint density at radius 3 is 2.69 bits per heavy atom. The van der Waals surface area contributed by atoms with Crippen LogP contribution in [0.2, 0.25) is 0 Å². The molecule has 1 amide bonds. The van der Waals surface area contributed by atoms with Crippen molar-refractivity contribution < 1.29 is 19.3 Å². The Labute approximate surface area is 174 Å². The van der Waals surface area contributed by atoms with E-state index in [4.69, 9.17) is 4.74 Å². The number of ether oxygens (including phenoxy) is 1. The first-order chi connectivity index (χ1) is 14.1. The predicted molar refractivity (Wildman–Crippen MR) is 115 cm³/mol. The van der Waals surface area contributed by atoms with Crippen LogP contribution in [0.1, 0.15) is 17.5 Å². The highest BCUT2D eigenvalue weighted by Gasteiger charge is 2.28. The van der Waals surface area contributed by atoms with E-state index in [2.05, 4.69) is 61.4 Å². The number of hydrogen-bond acceptors (Lipinski definition) is 2. The van der Waals surface area contributed by atoms with Crippen LogP contribution in [-0.4, -0.2) is 45.2 Å². The van der Waals surface area contributed by atoms with Crippen molar-refractivity contribution in [2.45, 2.75) is 25.6 Å². The highest BCUT2D eigenvalue weighted by atomic mass is 16.5. The maximum Gasteiger partial charge on any atom is 0.275 e. The van der Waals surface area contributed by atoms with Crippen LogP contribution >= 0.6 is 0 Å². The second kappa shape index (κ2) is 10.8. The fraction of sp³-hybridized carbons (Fsp3) is 0.375. The van der Waals surface area contributed by atoms with Gasteiger partial charge < -0.3 is 19.9 Å². The third-order valence-electron chi connectivity index (χ3n) is 5.30. The number of nitrogens with one attached hydrogen (secondary N) is 3. The van der Waals surface area contributed by atoms with Crippen molar-refractivity contribution >= 4 is 5.91 Å². The zero-order valence-corrected chi connectivity index (χ0v) is 17.3. The number of likely N-dealkylation sites (N-methyl/N-ethyl adjacent to an activating group) is 1. The third-order valence-corrected chi connectivity index (χ3v) is 5.30. The summed E-state index contributed by atoms with van der Waals surface area (Å²) >= 11 is 0. The van der Waals surface area contributed by atoms with Crippen LogP contribution in [0.15, 0.2) is 67.3 Å². The van der Waals surface area contributed by atoms with Gasteiger partial charge in [-0.2, -0.15) is 0 Å². The van der Waals surface area contributed by atoms with Crippen molar-refractivity contribution in [2.75, 3.05) is 33.3 Å². The maximum absolute atomic E-state index is 12.5. The zero-order valence-electron chi connectivity index (χ0n) is 17.3. The molecular formula is C24H33N3O2+2. The summed E-state index contributed by atoms with van der Waals surface area (Å²) in [5.74, 6) is 0.979. The molecular weight excluding hydrogens is 362 g/mol. The number of likely N-dealkylation sites (tertiary alicyclic amines) is 1. The molecule has 1 aliphatic heterocycles. The largest absolute Gasteiger partial charge is 0.490 e. The summed E-state index contributed by atoms with van der Waals surface area (Å²) in [6.07, 6.45) is 2.79. The zero-order chi connectivity index (χ0) is 20.5. The Balaban J connectivity index is 1.38. The van der Waals surface area contributed by atoms with E-state index in [0.29, 0.717) is 13.2 Å². The molecule has 5 nitrogen and oxygen atoms in total. The molecule has 1 saturated heterocycles. The highest BCUT2D eigenvalue weighted by molar-refractivity contribution is 5.77. The molecule has 3 N–H and O–H groups in total. The van der Waals surface area contributed by atoms with Gasteiger partial charge >= 0.3 is 0 Å². The SMILES string of the molecule is C=CCOc1ccc(C[NH+](C)CC(=O)N[C@@H]2CC[NH+](Cc3ccccc3)C2)cc1. The molecule has 0 aromatic heterocycles. The molecule has 3 atom stereocenters. The lowest BCUT2D eigenvalue weighted by atomic mass is 10.2. The van der Waals surface area contributed by atoms with Crippen molar-refractivity contribution in [3.8, 4) is 5.75 Å². The fourth-order valence-electron chi connectivity index (χ4n) is 3.92. The van der Waals surface area contributed by atoms with Crippen molar-refractivity contribution in [1.29, 1.82) is 0 Å². The average Bonchev–Trinajstić information content (AvgIpc) is 3.14. The molecule has 2 unspecified atom stereocenters. The Kier molecular flexibility index (Phi) is 7.85. The van der Waals surface area contributed by atoms with Gasteiger partial charge in [-0.1, -0.05) is 43.0 Å². The van der Waals surface area contributed by atoms with Gasteiger partial charge in [0.1, 0.15) is 25.4 Å². The van der Waals surface area contributed by atoms with E-state index in [0.717, 1.165) is 38.3 Å². The molecule has 3 rings (SSSR count). The molecule has 0 radical (unpaired) electrons. The van der Waals surface area contributed by atoms with Crippen LogP contribution in [0.4, 0.5) is 0 Å². The lowest BCUT2D eigenvalue weighted by Crippen LogP contribution is -3.09. The Bertz CT molecular complexity index is 776. The molecule has 0 bridgehead atoms. The normalized spacial score (nSPS) is 19.5. The summed E-state index contributed by atoms with van der Waals surface area (Å²) in [4.78, 5) is 15.2. The van der Waals surface area contributed by atoms with Gasteiger partial charge in [-0.05, 0) is 24.3 Å². The number of amides is 1. The Morgan fingerprint density at radius 2 is 1.97 bits per heavy atom. The lowest BCUT2D eigenvalue weighted by molar-refractivity contribution is -0.901. The Morgan fingerprint density at radius 1 is 1.21 bits per heavy atom. The topological polar surface area (TPSA) is 47.2 Å². The van der Waals surface area contributed by atoms with E-state index < -0.39 is 0 Å². The van der Waals surface area contributed by atoms with Crippen LogP contribution in [0, 0.1) is 0 Å². The van der Waals surface area contributed by atoms with Gasteiger partial charge in [0.25, 0.3) is 5.91 Å². The highest BCUT2D eigenvalue weighted by Crippen LogP contribution is 2.11. The van der Waals surface area contributed by atoms with Gasteiger partial charge in [0.05, 0.1) is 26.2 Å². The monoisotopic (exact) mass is 395 g/mol. The second-order valence-electron chi connectivity index (χ2n) is 7.97. The molecule has 0 spiro atoms. The minimum absolute atomic E-state index is 0.138. The van der Waals surface area contributed by atoms with Gasteiger partial charge in [-0.15, -0.1) is 0 Å². The van der Waals surface area contributed by atoms with Gasteiger partial charge in [0.15, 0.2) is 6.54 Å². The van der Waals surface area contributed by atoms with E-state index >= 15 is 0 Å². The summed E-state index contributed by atoms with van der Waals surface area (Å²) in [6, 6.07) is 18.9. The number of carbonyl (C=O) groups excluding carboxylic acids is 1. The first-order valence-electron chi connectivity index (χ1n) is 10.4. The van der Waals surface area contributed by atoms with Crippen molar-refractivity contribution in [2.24, 2.45) is 0 Å². The molecule has 2 aromatic rings. The summed E-state index contributed by atoms with van der Waals surface area (Å²) in [5, 5.41) is 3.23. The number of quaternary nitrogens is 2. The maximum atomic E-state index is 12.5. The van der Waals surface area contributed by atoms with E-state index in [1.807, 2.05) is 12.1 Å². The summed E-state index contributed by atoms with van der Waals surface area (Å²) in [5.41, 5.74) is 2.56. The van der Waals surface area contributed by atoms with Gasteiger partial charge in [-0.25, -0.2) is 0 Å². The number of hydrogen-bond donors (Lipinski definition) is 3. The fourth-order valence-corrected chi connectivity index (χ4v) is 3.92. The molecule has 5 heteroatoms. The van der Waals surface area contributed by atoms with Crippen LogP contribution in [0.5, 0.6) is 5.75 Å². The predicted octanol–water partition coefficient (Wildman–Crippen LogP) is 0.240. The number of rotatable bonds is 10. The Hall–Kier alpha value is -2.63. The van der Waals surface area contributed by atoms with Gasteiger partial charge in [0.2, 0.25) is 0 Å². The quantitative estimate of drug-likeness (QED) is 0.505. The summed E-state index contributed by atoms with van der Waals surface area (Å²) in [7, 11) is 2.06. The van der Waals surface area contributed by atoms with Crippen LogP contribution < -0.4 is 19.9 Å². The molecule has 1 heterocycles. The third kappa shape index (κ3) is 7.04. The molecule has 29 heavy (non-hydrogen) atoms. The first-order valence-corrected chi connectivity index (χ1v) is 10.4. The first kappa shape index (κ1) is 21.1. The van der Waals surface area contributed by atoms with Crippen LogP contribution in [0.25, 0.3) is 0 Å². The molecule has 1 fully saturated rings. The van der Waals surface area contributed by atoms with Crippen LogP contribution in [-0.2, 0) is 17.9 Å². The average molecular weight is 396 g/mol. The van der Waals surface area contributed by atoms with E-state index in [9.17, 15) is 4.79 Å². The van der Waals surface area contributed by atoms with Gasteiger partial charge in [-0.3, -0.25) is 4.79 Å². The van der Waals surface area contributed by atoms with Crippen molar-refractivity contribution in [3.05, 3.63) is 78.4 Å². The van der Waals surface area contributed by atoms with Crippen LogP contribution in [0.3, 0.4) is 0 Å².